The number of esters is 1. The third kappa shape index (κ3) is 7.91. The largest absolute Gasteiger partial charge is 0.489 e. The fourth-order valence-electron chi connectivity index (χ4n) is 3.59. The van der Waals surface area contributed by atoms with E-state index in [-0.39, 0.29) is 6.10 Å². The van der Waals surface area contributed by atoms with Crippen molar-refractivity contribution < 1.29 is 23.8 Å². The van der Waals surface area contributed by atoms with E-state index in [0.717, 1.165) is 42.6 Å². The van der Waals surface area contributed by atoms with Gasteiger partial charge in [0.1, 0.15) is 30.1 Å². The third-order valence-corrected chi connectivity index (χ3v) is 5.17. The van der Waals surface area contributed by atoms with E-state index >= 15 is 0 Å². The molecule has 0 saturated heterocycles. The van der Waals surface area contributed by atoms with E-state index in [1.54, 1.807) is 20.8 Å². The Morgan fingerprint density at radius 1 is 0.969 bits per heavy atom. The van der Waals surface area contributed by atoms with Crippen molar-refractivity contribution in [2.24, 2.45) is 0 Å². The molecule has 1 N–H and O–H groups in total. The standard InChI is InChI=1S/C26H33NO5/c1-26(2,3)32-25(29)27-23(24(28)31-22-11-7-8-12-22)17-19-13-15-21(16-14-19)30-18-20-9-5-4-6-10-20/h4-6,9-10,13-16,22-23H,7-8,11-12,17-18H2,1-3H3,(H,27,29). The van der Waals surface area contributed by atoms with Gasteiger partial charge in [0.15, 0.2) is 0 Å². The van der Waals surface area contributed by atoms with Gasteiger partial charge in [-0.3, -0.25) is 0 Å². The van der Waals surface area contributed by atoms with Crippen molar-refractivity contribution in [3.8, 4) is 5.75 Å². The molecule has 6 nitrogen and oxygen atoms in total. The highest BCUT2D eigenvalue weighted by atomic mass is 16.6. The molecule has 1 aliphatic carbocycles. The fraction of sp³-hybridized carbons (Fsp3) is 0.462. The average molecular weight is 440 g/mol. The Morgan fingerprint density at radius 2 is 1.62 bits per heavy atom. The summed E-state index contributed by atoms with van der Waals surface area (Å²) in [5.74, 6) is 0.315. The molecule has 1 atom stereocenters. The Kier molecular flexibility index (Phi) is 8.14. The molecular formula is C26H33NO5. The Hall–Kier alpha value is -3.02. The molecule has 172 valence electrons. The van der Waals surface area contributed by atoms with Gasteiger partial charge < -0.3 is 19.5 Å². The van der Waals surface area contributed by atoms with Crippen LogP contribution < -0.4 is 10.1 Å². The van der Waals surface area contributed by atoms with Crippen LogP contribution in [0, 0.1) is 0 Å². The number of hydrogen-bond donors (Lipinski definition) is 1. The second-order valence-corrected chi connectivity index (χ2v) is 9.16. The second kappa shape index (κ2) is 11.0. The number of amides is 1. The monoisotopic (exact) mass is 439 g/mol. The lowest BCUT2D eigenvalue weighted by Crippen LogP contribution is -2.46. The molecular weight excluding hydrogens is 406 g/mol. The van der Waals surface area contributed by atoms with Crippen LogP contribution in [0.15, 0.2) is 54.6 Å². The molecule has 0 aromatic heterocycles. The Labute approximate surface area is 190 Å². The van der Waals surface area contributed by atoms with Crippen LogP contribution in [0.5, 0.6) is 5.75 Å². The van der Waals surface area contributed by atoms with Gasteiger partial charge in [0.2, 0.25) is 0 Å². The molecule has 1 saturated carbocycles. The van der Waals surface area contributed by atoms with E-state index in [9.17, 15) is 9.59 Å². The minimum absolute atomic E-state index is 0.0702. The van der Waals surface area contributed by atoms with Gasteiger partial charge >= 0.3 is 12.1 Å². The van der Waals surface area contributed by atoms with E-state index < -0.39 is 23.7 Å². The summed E-state index contributed by atoms with van der Waals surface area (Å²) in [7, 11) is 0. The van der Waals surface area contributed by atoms with Gasteiger partial charge in [-0.25, -0.2) is 9.59 Å². The summed E-state index contributed by atoms with van der Waals surface area (Å²) in [6.07, 6.45) is 3.48. The lowest BCUT2D eigenvalue weighted by molar-refractivity contribution is -0.151. The molecule has 1 unspecified atom stereocenters. The van der Waals surface area contributed by atoms with Gasteiger partial charge in [-0.1, -0.05) is 42.5 Å². The van der Waals surface area contributed by atoms with Crippen molar-refractivity contribution in [2.45, 2.75) is 77.2 Å². The number of carbonyl (C=O) groups is 2. The van der Waals surface area contributed by atoms with Crippen molar-refractivity contribution >= 4 is 12.1 Å². The molecule has 2 aromatic carbocycles. The first-order valence-electron chi connectivity index (χ1n) is 11.2. The maximum atomic E-state index is 12.8. The van der Waals surface area contributed by atoms with Crippen LogP contribution in [-0.4, -0.2) is 29.8 Å². The number of nitrogens with one attached hydrogen (secondary N) is 1. The van der Waals surface area contributed by atoms with Gasteiger partial charge in [0.05, 0.1) is 0 Å². The zero-order valence-corrected chi connectivity index (χ0v) is 19.1. The smallest absolute Gasteiger partial charge is 0.408 e. The number of benzene rings is 2. The first-order chi connectivity index (χ1) is 15.3. The van der Waals surface area contributed by atoms with E-state index in [0.29, 0.717) is 13.0 Å². The fourth-order valence-corrected chi connectivity index (χ4v) is 3.59. The lowest BCUT2D eigenvalue weighted by atomic mass is 10.1. The first kappa shape index (κ1) is 23.6. The van der Waals surface area contributed by atoms with Gasteiger partial charge in [0, 0.05) is 6.42 Å². The first-order valence-corrected chi connectivity index (χ1v) is 11.2. The quantitative estimate of drug-likeness (QED) is 0.573. The molecule has 0 radical (unpaired) electrons. The van der Waals surface area contributed by atoms with Crippen LogP contribution in [0.1, 0.15) is 57.6 Å². The van der Waals surface area contributed by atoms with Crippen LogP contribution in [0.2, 0.25) is 0 Å². The minimum atomic E-state index is -0.818. The van der Waals surface area contributed by atoms with Crippen molar-refractivity contribution in [1.29, 1.82) is 0 Å². The number of rotatable bonds is 8. The zero-order valence-electron chi connectivity index (χ0n) is 19.1. The molecule has 3 rings (SSSR count). The van der Waals surface area contributed by atoms with Crippen LogP contribution in [0.25, 0.3) is 0 Å². The summed E-state index contributed by atoms with van der Waals surface area (Å²) in [4.78, 5) is 25.1. The summed E-state index contributed by atoms with van der Waals surface area (Å²) in [6, 6.07) is 16.7. The topological polar surface area (TPSA) is 73.9 Å². The lowest BCUT2D eigenvalue weighted by Gasteiger charge is -2.24. The predicted octanol–water partition coefficient (Wildman–Crippen LogP) is 5.19. The SMILES string of the molecule is CC(C)(C)OC(=O)NC(Cc1ccc(OCc2ccccc2)cc1)C(=O)OC1CCCC1. The molecule has 1 fully saturated rings. The molecule has 0 aliphatic heterocycles. The predicted molar refractivity (Wildman–Crippen MR) is 122 cm³/mol. The van der Waals surface area contributed by atoms with E-state index in [1.807, 2.05) is 54.6 Å². The number of alkyl carbamates (subject to hydrolysis) is 1. The number of hydrogen-bond acceptors (Lipinski definition) is 5. The van der Waals surface area contributed by atoms with Gasteiger partial charge in [-0.05, 0) is 69.7 Å². The highest BCUT2D eigenvalue weighted by molar-refractivity contribution is 5.82. The van der Waals surface area contributed by atoms with E-state index in [2.05, 4.69) is 5.32 Å². The maximum absolute atomic E-state index is 12.8. The van der Waals surface area contributed by atoms with Crippen LogP contribution >= 0.6 is 0 Å². The van der Waals surface area contributed by atoms with Crippen LogP contribution in [0.4, 0.5) is 4.79 Å². The van der Waals surface area contributed by atoms with E-state index in [4.69, 9.17) is 14.2 Å². The molecule has 1 aliphatic rings. The van der Waals surface area contributed by atoms with Crippen molar-refractivity contribution in [3.05, 3.63) is 65.7 Å². The Bertz CT molecular complexity index is 867. The summed E-state index contributed by atoms with van der Waals surface area (Å²) in [6.45, 7) is 5.84. The van der Waals surface area contributed by atoms with Gasteiger partial charge in [0.25, 0.3) is 0 Å². The number of ether oxygens (including phenoxy) is 3. The Balaban J connectivity index is 1.61. The maximum Gasteiger partial charge on any atom is 0.408 e. The summed E-state index contributed by atoms with van der Waals surface area (Å²) in [5.41, 5.74) is 1.33. The molecule has 0 bridgehead atoms. The van der Waals surface area contributed by atoms with Crippen LogP contribution in [-0.2, 0) is 27.3 Å². The van der Waals surface area contributed by atoms with Crippen molar-refractivity contribution in [3.63, 3.8) is 0 Å². The highest BCUT2D eigenvalue weighted by Crippen LogP contribution is 2.22. The summed E-state index contributed by atoms with van der Waals surface area (Å²) < 4.78 is 16.8. The average Bonchev–Trinajstić information content (AvgIpc) is 3.25. The van der Waals surface area contributed by atoms with E-state index in [1.165, 1.54) is 0 Å². The highest BCUT2D eigenvalue weighted by Gasteiger charge is 2.29. The molecule has 1 amide bonds. The zero-order chi connectivity index (χ0) is 23.0. The normalized spacial score (nSPS) is 15.1. The second-order valence-electron chi connectivity index (χ2n) is 9.16. The van der Waals surface area contributed by atoms with Crippen molar-refractivity contribution in [2.75, 3.05) is 0 Å². The molecule has 6 heteroatoms. The summed E-state index contributed by atoms with van der Waals surface area (Å²) in [5, 5.41) is 2.69. The minimum Gasteiger partial charge on any atom is -0.489 e. The Morgan fingerprint density at radius 3 is 2.25 bits per heavy atom. The van der Waals surface area contributed by atoms with Gasteiger partial charge in [-0.2, -0.15) is 0 Å². The number of carbonyl (C=O) groups excluding carboxylic acids is 2. The third-order valence-electron chi connectivity index (χ3n) is 5.17. The van der Waals surface area contributed by atoms with Gasteiger partial charge in [-0.15, -0.1) is 0 Å². The molecule has 0 spiro atoms. The molecule has 32 heavy (non-hydrogen) atoms. The van der Waals surface area contributed by atoms with Crippen molar-refractivity contribution in [1.82, 2.24) is 5.32 Å². The molecule has 0 heterocycles. The summed E-state index contributed by atoms with van der Waals surface area (Å²) >= 11 is 0. The molecule has 2 aromatic rings. The van der Waals surface area contributed by atoms with Crippen LogP contribution in [0.3, 0.4) is 0 Å².